The lowest BCUT2D eigenvalue weighted by atomic mass is 9.92. The Morgan fingerprint density at radius 3 is 2.19 bits per heavy atom. The number of ketones is 1. The van der Waals surface area contributed by atoms with Gasteiger partial charge in [0.15, 0.2) is 0 Å². The zero-order chi connectivity index (χ0) is 22.8. The standard InChI is InChI=1S/C25H28O6/c1-6-13-30-21-15-18(16-22(26)29-5)20(8-3)25(31-14-7-2)23(21)24(27)17-9-11-19(28-4)12-10-17/h6-7,9-12,15H,1-2,8,13-14,16H2,3-5H3. The van der Waals surface area contributed by atoms with Crippen molar-refractivity contribution in [2.24, 2.45) is 0 Å². The van der Waals surface area contributed by atoms with Crippen molar-refractivity contribution in [1.82, 2.24) is 0 Å². The summed E-state index contributed by atoms with van der Waals surface area (Å²) in [6.45, 7) is 9.69. The number of hydrogen-bond donors (Lipinski definition) is 0. The Morgan fingerprint density at radius 1 is 1.00 bits per heavy atom. The minimum Gasteiger partial charge on any atom is -0.497 e. The van der Waals surface area contributed by atoms with Crippen LogP contribution >= 0.6 is 0 Å². The van der Waals surface area contributed by atoms with Gasteiger partial charge in [0.25, 0.3) is 0 Å². The van der Waals surface area contributed by atoms with Gasteiger partial charge in [0.2, 0.25) is 5.78 Å². The van der Waals surface area contributed by atoms with Gasteiger partial charge in [0, 0.05) is 5.56 Å². The van der Waals surface area contributed by atoms with Crippen molar-refractivity contribution in [2.45, 2.75) is 19.8 Å². The molecule has 0 aliphatic heterocycles. The molecule has 0 saturated heterocycles. The fourth-order valence-corrected chi connectivity index (χ4v) is 3.16. The van der Waals surface area contributed by atoms with Crippen LogP contribution < -0.4 is 14.2 Å². The van der Waals surface area contributed by atoms with Crippen molar-refractivity contribution < 1.29 is 28.5 Å². The van der Waals surface area contributed by atoms with Gasteiger partial charge in [-0.05, 0) is 47.9 Å². The quantitative estimate of drug-likeness (QED) is 0.287. The summed E-state index contributed by atoms with van der Waals surface area (Å²) in [6.07, 6.45) is 3.76. The van der Waals surface area contributed by atoms with Gasteiger partial charge < -0.3 is 18.9 Å². The molecule has 0 atom stereocenters. The van der Waals surface area contributed by atoms with Gasteiger partial charge in [0.1, 0.15) is 36.0 Å². The highest BCUT2D eigenvalue weighted by atomic mass is 16.5. The van der Waals surface area contributed by atoms with Crippen LogP contribution in [0.1, 0.15) is 34.0 Å². The molecule has 6 nitrogen and oxygen atoms in total. The normalized spacial score (nSPS) is 10.2. The maximum atomic E-state index is 13.5. The second kappa shape index (κ2) is 11.6. The first-order valence-electron chi connectivity index (χ1n) is 9.92. The summed E-state index contributed by atoms with van der Waals surface area (Å²) >= 11 is 0. The molecule has 0 bridgehead atoms. The van der Waals surface area contributed by atoms with Crippen LogP contribution in [0.5, 0.6) is 17.2 Å². The van der Waals surface area contributed by atoms with Crippen LogP contribution in [0.2, 0.25) is 0 Å². The smallest absolute Gasteiger partial charge is 0.309 e. The molecule has 0 fully saturated rings. The van der Waals surface area contributed by atoms with Crippen molar-refractivity contribution >= 4 is 11.8 Å². The monoisotopic (exact) mass is 424 g/mol. The summed E-state index contributed by atoms with van der Waals surface area (Å²) in [4.78, 5) is 25.5. The summed E-state index contributed by atoms with van der Waals surface area (Å²) in [5.41, 5.74) is 2.17. The first-order chi connectivity index (χ1) is 15.0. The summed E-state index contributed by atoms with van der Waals surface area (Å²) in [5, 5.41) is 0. The molecule has 31 heavy (non-hydrogen) atoms. The largest absolute Gasteiger partial charge is 0.497 e. The SMILES string of the molecule is C=CCOc1cc(CC(=O)OC)c(CC)c(OCC=C)c1C(=O)c1ccc(OC)cc1. The van der Waals surface area contributed by atoms with E-state index in [0.29, 0.717) is 40.4 Å². The van der Waals surface area contributed by atoms with Crippen molar-refractivity contribution in [3.05, 3.63) is 77.9 Å². The number of hydrogen-bond acceptors (Lipinski definition) is 6. The van der Waals surface area contributed by atoms with E-state index in [2.05, 4.69) is 13.2 Å². The third-order valence-electron chi connectivity index (χ3n) is 4.64. The van der Waals surface area contributed by atoms with E-state index in [-0.39, 0.29) is 25.4 Å². The van der Waals surface area contributed by atoms with Crippen molar-refractivity contribution in [3.8, 4) is 17.2 Å². The number of rotatable bonds is 12. The van der Waals surface area contributed by atoms with Gasteiger partial charge in [-0.1, -0.05) is 32.2 Å². The number of ether oxygens (including phenoxy) is 4. The maximum absolute atomic E-state index is 13.5. The predicted molar refractivity (Wildman–Crippen MR) is 119 cm³/mol. The molecule has 0 aliphatic rings. The van der Waals surface area contributed by atoms with E-state index in [9.17, 15) is 9.59 Å². The Kier molecular flexibility index (Phi) is 8.88. The van der Waals surface area contributed by atoms with Gasteiger partial charge >= 0.3 is 5.97 Å². The minimum absolute atomic E-state index is 0.0333. The topological polar surface area (TPSA) is 71.1 Å². The molecule has 0 saturated carbocycles. The molecule has 0 aromatic heterocycles. The van der Waals surface area contributed by atoms with E-state index < -0.39 is 5.97 Å². The molecule has 0 amide bonds. The fourth-order valence-electron chi connectivity index (χ4n) is 3.16. The summed E-state index contributed by atoms with van der Waals surface area (Å²) in [7, 11) is 2.90. The van der Waals surface area contributed by atoms with E-state index in [0.717, 1.165) is 5.56 Å². The third kappa shape index (κ3) is 5.75. The number of carbonyl (C=O) groups is 2. The first-order valence-corrected chi connectivity index (χ1v) is 9.92. The molecule has 0 radical (unpaired) electrons. The lowest BCUT2D eigenvalue weighted by Gasteiger charge is -2.21. The molecule has 0 N–H and O–H groups in total. The number of methoxy groups -OCH3 is 2. The zero-order valence-electron chi connectivity index (χ0n) is 18.2. The predicted octanol–water partition coefficient (Wildman–Crippen LogP) is 4.33. The summed E-state index contributed by atoms with van der Waals surface area (Å²) in [6, 6.07) is 8.51. The molecule has 2 aromatic carbocycles. The number of esters is 1. The molecule has 0 heterocycles. The van der Waals surface area contributed by atoms with Crippen LogP contribution in [0.15, 0.2) is 55.6 Å². The lowest BCUT2D eigenvalue weighted by Crippen LogP contribution is -2.15. The Labute approximate surface area is 183 Å². The van der Waals surface area contributed by atoms with Crippen LogP contribution in [0, 0.1) is 0 Å². The zero-order valence-corrected chi connectivity index (χ0v) is 18.2. The molecule has 2 aromatic rings. The Balaban J connectivity index is 2.72. The first kappa shape index (κ1) is 23.7. The summed E-state index contributed by atoms with van der Waals surface area (Å²) in [5.74, 6) is 0.679. The number of benzene rings is 2. The van der Waals surface area contributed by atoms with Crippen molar-refractivity contribution in [1.29, 1.82) is 0 Å². The van der Waals surface area contributed by atoms with Gasteiger partial charge in [-0.25, -0.2) is 0 Å². The third-order valence-corrected chi connectivity index (χ3v) is 4.64. The molecule has 0 aliphatic carbocycles. The van der Waals surface area contributed by atoms with Crippen LogP contribution in [0.3, 0.4) is 0 Å². The highest BCUT2D eigenvalue weighted by Crippen LogP contribution is 2.38. The fraction of sp³-hybridized carbons (Fsp3) is 0.280. The highest BCUT2D eigenvalue weighted by molar-refractivity contribution is 6.13. The van der Waals surface area contributed by atoms with E-state index in [1.54, 1.807) is 49.6 Å². The Bertz CT molecular complexity index is 943. The van der Waals surface area contributed by atoms with Gasteiger partial charge in [0.05, 0.1) is 20.6 Å². The molecular formula is C25H28O6. The number of carbonyl (C=O) groups excluding carboxylic acids is 2. The van der Waals surface area contributed by atoms with Crippen molar-refractivity contribution in [3.63, 3.8) is 0 Å². The molecule has 164 valence electrons. The summed E-state index contributed by atoms with van der Waals surface area (Å²) < 4.78 is 21.8. The molecule has 6 heteroatoms. The Hall–Kier alpha value is -3.54. The molecule has 2 rings (SSSR count). The van der Waals surface area contributed by atoms with Gasteiger partial charge in [-0.3, -0.25) is 9.59 Å². The average molecular weight is 424 g/mol. The Morgan fingerprint density at radius 2 is 1.65 bits per heavy atom. The molecular weight excluding hydrogens is 396 g/mol. The van der Waals surface area contributed by atoms with Gasteiger partial charge in [-0.15, -0.1) is 0 Å². The van der Waals surface area contributed by atoms with E-state index in [1.807, 2.05) is 6.92 Å². The van der Waals surface area contributed by atoms with Crippen LogP contribution in [0.4, 0.5) is 0 Å². The van der Waals surface area contributed by atoms with E-state index in [1.165, 1.54) is 7.11 Å². The second-order valence-electron chi connectivity index (χ2n) is 6.58. The minimum atomic E-state index is -0.395. The van der Waals surface area contributed by atoms with Crippen LogP contribution in [-0.4, -0.2) is 39.2 Å². The second-order valence-corrected chi connectivity index (χ2v) is 6.58. The molecule has 0 unspecified atom stereocenters. The van der Waals surface area contributed by atoms with E-state index in [4.69, 9.17) is 18.9 Å². The highest BCUT2D eigenvalue weighted by Gasteiger charge is 2.26. The lowest BCUT2D eigenvalue weighted by molar-refractivity contribution is -0.139. The van der Waals surface area contributed by atoms with Crippen LogP contribution in [-0.2, 0) is 22.4 Å². The molecule has 0 spiro atoms. The average Bonchev–Trinajstić information content (AvgIpc) is 2.80. The van der Waals surface area contributed by atoms with Crippen LogP contribution in [0.25, 0.3) is 0 Å². The maximum Gasteiger partial charge on any atom is 0.309 e. The van der Waals surface area contributed by atoms with Gasteiger partial charge in [-0.2, -0.15) is 0 Å². The van der Waals surface area contributed by atoms with Crippen molar-refractivity contribution in [2.75, 3.05) is 27.4 Å². The van der Waals surface area contributed by atoms with E-state index >= 15 is 0 Å².